The van der Waals surface area contributed by atoms with Gasteiger partial charge in [0, 0.05) is 10.5 Å². The first-order valence-corrected chi connectivity index (χ1v) is 6.32. The van der Waals surface area contributed by atoms with Gasteiger partial charge in [0.25, 0.3) is 0 Å². The maximum absolute atomic E-state index is 13.2. The Labute approximate surface area is 126 Å². The van der Waals surface area contributed by atoms with Crippen LogP contribution in [0.3, 0.4) is 0 Å². The van der Waals surface area contributed by atoms with E-state index in [0.717, 1.165) is 6.07 Å². The molecule has 0 aliphatic carbocycles. The van der Waals surface area contributed by atoms with E-state index in [4.69, 9.17) is 10.3 Å². The first-order valence-electron chi connectivity index (χ1n) is 6.32. The number of nitrogens with zero attached hydrogens (tertiary/aromatic N) is 3. The van der Waals surface area contributed by atoms with Crippen LogP contribution in [0.2, 0.25) is 0 Å². The van der Waals surface area contributed by atoms with E-state index in [1.807, 2.05) is 0 Å². The van der Waals surface area contributed by atoms with Gasteiger partial charge in [0.1, 0.15) is 17.7 Å². The number of aliphatic hydroxyl groups is 1. The van der Waals surface area contributed by atoms with E-state index in [2.05, 4.69) is 21.9 Å². The van der Waals surface area contributed by atoms with Crippen molar-refractivity contribution >= 4 is 5.69 Å². The molecular formula is C16H12FN3O2. The second kappa shape index (κ2) is 7.14. The van der Waals surface area contributed by atoms with Crippen LogP contribution in [-0.4, -0.2) is 12.2 Å². The summed E-state index contributed by atoms with van der Waals surface area (Å²) < 4.78 is 18.3. The van der Waals surface area contributed by atoms with Crippen molar-refractivity contribution in [2.75, 3.05) is 7.11 Å². The molecule has 0 spiro atoms. The Bertz CT molecular complexity index is 772. The Morgan fingerprint density at radius 3 is 2.64 bits per heavy atom. The SMILES string of the molecule is COc1ccc(C(O)C#Cc2cc(F)ccc2N=[N+]=[N-])cc1. The molecule has 6 heteroatoms. The van der Waals surface area contributed by atoms with Crippen LogP contribution in [-0.2, 0) is 0 Å². The number of azide groups is 1. The molecule has 0 fully saturated rings. The van der Waals surface area contributed by atoms with E-state index in [0.29, 0.717) is 11.3 Å². The zero-order chi connectivity index (χ0) is 15.9. The fraction of sp³-hybridized carbons (Fsp3) is 0.125. The summed E-state index contributed by atoms with van der Waals surface area (Å²) in [5, 5.41) is 13.5. The Hall–Kier alpha value is -3.00. The lowest BCUT2D eigenvalue weighted by Gasteiger charge is -2.05. The predicted molar refractivity (Wildman–Crippen MR) is 80.0 cm³/mol. The summed E-state index contributed by atoms with van der Waals surface area (Å²) in [6.45, 7) is 0. The lowest BCUT2D eigenvalue weighted by Crippen LogP contribution is -1.94. The van der Waals surface area contributed by atoms with Crippen LogP contribution in [0, 0.1) is 17.7 Å². The summed E-state index contributed by atoms with van der Waals surface area (Å²) in [6, 6.07) is 10.4. The highest BCUT2D eigenvalue weighted by molar-refractivity contribution is 5.55. The molecule has 0 heterocycles. The Kier molecular flexibility index (Phi) is 4.99. The summed E-state index contributed by atoms with van der Waals surface area (Å²) in [7, 11) is 1.55. The normalized spacial score (nSPS) is 10.9. The molecular weight excluding hydrogens is 285 g/mol. The number of rotatable bonds is 3. The largest absolute Gasteiger partial charge is 0.497 e. The Morgan fingerprint density at radius 2 is 2.00 bits per heavy atom. The second-order valence-electron chi connectivity index (χ2n) is 4.30. The third kappa shape index (κ3) is 3.76. The van der Waals surface area contributed by atoms with Crippen molar-refractivity contribution in [1.82, 2.24) is 0 Å². The minimum absolute atomic E-state index is 0.207. The second-order valence-corrected chi connectivity index (χ2v) is 4.30. The maximum Gasteiger partial charge on any atom is 0.140 e. The number of methoxy groups -OCH3 is 1. The van der Waals surface area contributed by atoms with Crippen molar-refractivity contribution in [1.29, 1.82) is 0 Å². The molecule has 0 saturated carbocycles. The zero-order valence-electron chi connectivity index (χ0n) is 11.7. The van der Waals surface area contributed by atoms with Crippen molar-refractivity contribution in [2.24, 2.45) is 5.11 Å². The molecule has 1 N–H and O–H groups in total. The van der Waals surface area contributed by atoms with Gasteiger partial charge in [-0.1, -0.05) is 29.1 Å². The average Bonchev–Trinajstić information content (AvgIpc) is 2.55. The molecule has 1 unspecified atom stereocenters. The van der Waals surface area contributed by atoms with Crippen LogP contribution < -0.4 is 4.74 Å². The molecule has 2 aromatic carbocycles. The minimum atomic E-state index is -1.05. The molecule has 0 aliphatic rings. The fourth-order valence-corrected chi connectivity index (χ4v) is 1.76. The van der Waals surface area contributed by atoms with E-state index >= 15 is 0 Å². The van der Waals surface area contributed by atoms with Crippen molar-refractivity contribution in [2.45, 2.75) is 6.10 Å². The smallest absolute Gasteiger partial charge is 0.140 e. The lowest BCUT2D eigenvalue weighted by atomic mass is 10.1. The van der Waals surface area contributed by atoms with Gasteiger partial charge in [-0.05, 0) is 41.4 Å². The summed E-state index contributed by atoms with van der Waals surface area (Å²) >= 11 is 0. The first-order chi connectivity index (χ1) is 10.6. The predicted octanol–water partition coefficient (Wildman–Crippen LogP) is 3.86. The van der Waals surface area contributed by atoms with E-state index in [1.54, 1.807) is 31.4 Å². The van der Waals surface area contributed by atoms with Gasteiger partial charge in [-0.15, -0.1) is 0 Å². The van der Waals surface area contributed by atoms with Crippen LogP contribution >= 0.6 is 0 Å². The number of benzene rings is 2. The van der Waals surface area contributed by atoms with Crippen LogP contribution in [0.25, 0.3) is 10.4 Å². The molecule has 0 bridgehead atoms. The first kappa shape index (κ1) is 15.4. The molecule has 2 aromatic rings. The van der Waals surface area contributed by atoms with Crippen molar-refractivity contribution in [3.63, 3.8) is 0 Å². The van der Waals surface area contributed by atoms with E-state index in [-0.39, 0.29) is 11.3 Å². The van der Waals surface area contributed by atoms with Crippen molar-refractivity contribution < 1.29 is 14.2 Å². The summed E-state index contributed by atoms with van der Waals surface area (Å²) in [5.41, 5.74) is 9.47. The van der Waals surface area contributed by atoms with Gasteiger partial charge >= 0.3 is 0 Å². The summed E-state index contributed by atoms with van der Waals surface area (Å²) in [5.74, 6) is 5.39. The van der Waals surface area contributed by atoms with Gasteiger partial charge in [0.15, 0.2) is 0 Å². The van der Waals surface area contributed by atoms with Crippen molar-refractivity contribution in [3.05, 3.63) is 69.9 Å². The highest BCUT2D eigenvalue weighted by Crippen LogP contribution is 2.21. The van der Waals surface area contributed by atoms with E-state index < -0.39 is 11.9 Å². The number of ether oxygens (including phenoxy) is 1. The molecule has 0 amide bonds. The van der Waals surface area contributed by atoms with Crippen LogP contribution in [0.1, 0.15) is 17.2 Å². The number of hydrogen-bond donors (Lipinski definition) is 1. The molecule has 2 rings (SSSR count). The Morgan fingerprint density at radius 1 is 1.27 bits per heavy atom. The minimum Gasteiger partial charge on any atom is -0.497 e. The van der Waals surface area contributed by atoms with Gasteiger partial charge in [0.2, 0.25) is 0 Å². The van der Waals surface area contributed by atoms with E-state index in [1.165, 1.54) is 12.1 Å². The number of halogens is 1. The third-order valence-corrected chi connectivity index (χ3v) is 2.89. The molecule has 0 aromatic heterocycles. The zero-order valence-corrected chi connectivity index (χ0v) is 11.7. The summed E-state index contributed by atoms with van der Waals surface area (Å²) in [4.78, 5) is 2.66. The molecule has 0 aliphatic heterocycles. The Balaban J connectivity index is 2.28. The summed E-state index contributed by atoms with van der Waals surface area (Å²) in [6.07, 6.45) is -1.05. The molecule has 5 nitrogen and oxygen atoms in total. The molecule has 22 heavy (non-hydrogen) atoms. The standard InChI is InChI=1S/C16H12FN3O2/c1-22-14-6-2-11(3-7-14)16(21)9-4-12-10-13(17)5-8-15(12)19-20-18/h2-3,5-8,10,16,21H,1H3. The third-order valence-electron chi connectivity index (χ3n) is 2.89. The molecule has 110 valence electrons. The maximum atomic E-state index is 13.2. The van der Waals surface area contributed by atoms with Gasteiger partial charge in [0.05, 0.1) is 12.8 Å². The van der Waals surface area contributed by atoms with Crippen LogP contribution in [0.5, 0.6) is 5.75 Å². The van der Waals surface area contributed by atoms with Crippen LogP contribution in [0.4, 0.5) is 10.1 Å². The monoisotopic (exact) mass is 297 g/mol. The highest BCUT2D eigenvalue weighted by atomic mass is 19.1. The highest BCUT2D eigenvalue weighted by Gasteiger charge is 2.05. The van der Waals surface area contributed by atoms with Gasteiger partial charge < -0.3 is 9.84 Å². The number of aliphatic hydroxyl groups excluding tert-OH is 1. The molecule has 0 saturated heterocycles. The van der Waals surface area contributed by atoms with Crippen molar-refractivity contribution in [3.8, 4) is 17.6 Å². The fourth-order valence-electron chi connectivity index (χ4n) is 1.76. The molecule has 1 atom stereocenters. The van der Waals surface area contributed by atoms with Crippen LogP contribution in [0.15, 0.2) is 47.6 Å². The quantitative estimate of drug-likeness (QED) is 0.404. The topological polar surface area (TPSA) is 78.2 Å². The van der Waals surface area contributed by atoms with Gasteiger partial charge in [-0.2, -0.15) is 0 Å². The number of hydrogen-bond acceptors (Lipinski definition) is 3. The lowest BCUT2D eigenvalue weighted by molar-refractivity contribution is 0.238. The van der Waals surface area contributed by atoms with Gasteiger partial charge in [-0.3, -0.25) is 0 Å². The van der Waals surface area contributed by atoms with Gasteiger partial charge in [-0.25, -0.2) is 4.39 Å². The van der Waals surface area contributed by atoms with E-state index in [9.17, 15) is 9.50 Å². The average molecular weight is 297 g/mol. The molecule has 0 radical (unpaired) electrons.